The lowest BCUT2D eigenvalue weighted by Gasteiger charge is -2.35. The van der Waals surface area contributed by atoms with E-state index in [9.17, 15) is 4.79 Å². The smallest absolute Gasteiger partial charge is 0.251 e. The third-order valence-corrected chi connectivity index (χ3v) is 5.39. The Kier molecular flexibility index (Phi) is 5.93. The molecule has 1 saturated heterocycles. The second-order valence-electron chi connectivity index (χ2n) is 8.01. The molecule has 0 bridgehead atoms. The fourth-order valence-corrected chi connectivity index (χ4v) is 4.05. The minimum Gasteiger partial charge on any atom is -0.373 e. The Morgan fingerprint density at radius 1 is 0.931 bits per heavy atom. The van der Waals surface area contributed by atoms with Crippen molar-refractivity contribution in [3.8, 4) is 0 Å². The summed E-state index contributed by atoms with van der Waals surface area (Å²) in [5.74, 6) is -0.0453. The maximum Gasteiger partial charge on any atom is 0.251 e. The van der Waals surface area contributed by atoms with Crippen molar-refractivity contribution < 1.29 is 9.53 Å². The Hall–Kier alpha value is -2.69. The van der Waals surface area contributed by atoms with Gasteiger partial charge in [-0.05, 0) is 47.9 Å². The lowest BCUT2D eigenvalue weighted by Crippen LogP contribution is -2.44. The predicted octanol–water partition coefficient (Wildman–Crippen LogP) is 4.38. The van der Waals surface area contributed by atoms with E-state index < -0.39 is 0 Å². The van der Waals surface area contributed by atoms with Crippen molar-refractivity contribution in [2.75, 3.05) is 13.1 Å². The number of nitrogens with zero attached hydrogens (tertiary/aromatic N) is 1. The average Bonchev–Trinajstić information content (AvgIpc) is 2.72. The van der Waals surface area contributed by atoms with Crippen molar-refractivity contribution >= 4 is 16.7 Å². The summed E-state index contributed by atoms with van der Waals surface area (Å²) >= 11 is 0. The van der Waals surface area contributed by atoms with Gasteiger partial charge in [0.1, 0.15) is 0 Å². The summed E-state index contributed by atoms with van der Waals surface area (Å²) < 4.78 is 5.81. The summed E-state index contributed by atoms with van der Waals surface area (Å²) in [6, 6.07) is 22.4. The molecule has 0 aromatic heterocycles. The lowest BCUT2D eigenvalue weighted by molar-refractivity contribution is -0.0704. The van der Waals surface area contributed by atoms with Crippen molar-refractivity contribution in [1.82, 2.24) is 10.2 Å². The number of morpholine rings is 1. The first-order valence-corrected chi connectivity index (χ1v) is 10.3. The van der Waals surface area contributed by atoms with Crippen LogP contribution in [0, 0.1) is 0 Å². The maximum atomic E-state index is 12.5. The van der Waals surface area contributed by atoms with E-state index in [4.69, 9.17) is 4.74 Å². The topological polar surface area (TPSA) is 41.6 Å². The van der Waals surface area contributed by atoms with Gasteiger partial charge in [0.05, 0.1) is 12.2 Å². The molecule has 0 spiro atoms. The molecule has 0 radical (unpaired) electrons. The van der Waals surface area contributed by atoms with E-state index in [-0.39, 0.29) is 18.1 Å². The molecule has 0 aliphatic carbocycles. The van der Waals surface area contributed by atoms with Gasteiger partial charge in [0, 0.05) is 31.7 Å². The van der Waals surface area contributed by atoms with Gasteiger partial charge < -0.3 is 10.1 Å². The largest absolute Gasteiger partial charge is 0.373 e. The normalized spacial score (nSPS) is 19.9. The third kappa shape index (κ3) is 5.03. The summed E-state index contributed by atoms with van der Waals surface area (Å²) in [7, 11) is 0. The zero-order valence-corrected chi connectivity index (χ0v) is 17.1. The summed E-state index contributed by atoms with van der Waals surface area (Å²) in [6.45, 7) is 7.65. The summed E-state index contributed by atoms with van der Waals surface area (Å²) in [5, 5.41) is 5.25. The van der Waals surface area contributed by atoms with Crippen LogP contribution in [0.25, 0.3) is 10.8 Å². The van der Waals surface area contributed by atoms with Gasteiger partial charge in [-0.2, -0.15) is 0 Å². The zero-order valence-electron chi connectivity index (χ0n) is 17.1. The second kappa shape index (κ2) is 8.76. The minimum atomic E-state index is -0.0453. The molecule has 1 amide bonds. The molecule has 29 heavy (non-hydrogen) atoms. The molecule has 1 N–H and O–H groups in total. The van der Waals surface area contributed by atoms with Crippen LogP contribution in [0.1, 0.15) is 35.3 Å². The van der Waals surface area contributed by atoms with Crippen LogP contribution in [0.5, 0.6) is 0 Å². The Bertz CT molecular complexity index is 974. The summed E-state index contributed by atoms with van der Waals surface area (Å²) in [4.78, 5) is 15.0. The highest BCUT2D eigenvalue weighted by atomic mass is 16.5. The SMILES string of the molecule is CC1CN(Cc2ccc(CNC(=O)c3ccc4ccccc4c3)cc2)CC(C)O1. The summed E-state index contributed by atoms with van der Waals surface area (Å²) in [5.41, 5.74) is 3.08. The van der Waals surface area contributed by atoms with E-state index in [2.05, 4.69) is 54.4 Å². The predicted molar refractivity (Wildman–Crippen MR) is 117 cm³/mol. The Labute approximate surface area is 172 Å². The van der Waals surface area contributed by atoms with E-state index in [0.717, 1.165) is 36.0 Å². The lowest BCUT2D eigenvalue weighted by atomic mass is 10.1. The number of amides is 1. The van der Waals surface area contributed by atoms with Crippen LogP contribution in [0.2, 0.25) is 0 Å². The maximum absolute atomic E-state index is 12.5. The molecule has 4 nitrogen and oxygen atoms in total. The third-order valence-electron chi connectivity index (χ3n) is 5.39. The number of ether oxygens (including phenoxy) is 1. The highest BCUT2D eigenvalue weighted by molar-refractivity contribution is 5.98. The van der Waals surface area contributed by atoms with Gasteiger partial charge in [0.2, 0.25) is 0 Å². The molecule has 1 heterocycles. The monoisotopic (exact) mass is 388 g/mol. The van der Waals surface area contributed by atoms with Crippen LogP contribution in [-0.2, 0) is 17.8 Å². The van der Waals surface area contributed by atoms with Crippen molar-refractivity contribution in [1.29, 1.82) is 0 Å². The Morgan fingerprint density at radius 2 is 1.59 bits per heavy atom. The highest BCUT2D eigenvalue weighted by Crippen LogP contribution is 2.17. The van der Waals surface area contributed by atoms with E-state index >= 15 is 0 Å². The first kappa shape index (κ1) is 19.6. The van der Waals surface area contributed by atoms with Crippen LogP contribution in [0.15, 0.2) is 66.7 Å². The molecular formula is C25H28N2O2. The van der Waals surface area contributed by atoms with Crippen LogP contribution < -0.4 is 5.32 Å². The van der Waals surface area contributed by atoms with Crippen LogP contribution in [0.3, 0.4) is 0 Å². The second-order valence-corrected chi connectivity index (χ2v) is 8.01. The molecule has 2 unspecified atom stereocenters. The van der Waals surface area contributed by atoms with Crippen LogP contribution >= 0.6 is 0 Å². The Balaban J connectivity index is 1.33. The van der Waals surface area contributed by atoms with Crippen molar-refractivity contribution in [2.45, 2.75) is 39.1 Å². The summed E-state index contributed by atoms with van der Waals surface area (Å²) in [6.07, 6.45) is 0.562. The molecule has 0 saturated carbocycles. The van der Waals surface area contributed by atoms with Gasteiger partial charge in [0.15, 0.2) is 0 Å². The van der Waals surface area contributed by atoms with Crippen molar-refractivity contribution in [3.05, 3.63) is 83.4 Å². The van der Waals surface area contributed by atoms with E-state index in [1.807, 2.05) is 36.4 Å². The number of carbonyl (C=O) groups is 1. The van der Waals surface area contributed by atoms with Crippen molar-refractivity contribution in [2.24, 2.45) is 0 Å². The van der Waals surface area contributed by atoms with Crippen molar-refractivity contribution in [3.63, 3.8) is 0 Å². The zero-order chi connectivity index (χ0) is 20.2. The number of fused-ring (bicyclic) bond motifs is 1. The minimum absolute atomic E-state index is 0.0453. The molecule has 3 aromatic carbocycles. The molecule has 4 heteroatoms. The van der Waals surface area contributed by atoms with Gasteiger partial charge in [-0.25, -0.2) is 0 Å². The Morgan fingerprint density at radius 3 is 2.31 bits per heavy atom. The number of nitrogens with one attached hydrogen (secondary N) is 1. The van der Waals surface area contributed by atoms with E-state index in [1.54, 1.807) is 0 Å². The quantitative estimate of drug-likeness (QED) is 0.705. The van der Waals surface area contributed by atoms with Gasteiger partial charge in [-0.1, -0.05) is 54.6 Å². The highest BCUT2D eigenvalue weighted by Gasteiger charge is 2.21. The van der Waals surface area contributed by atoms with E-state index in [0.29, 0.717) is 12.1 Å². The average molecular weight is 389 g/mol. The molecule has 1 aliphatic heterocycles. The molecule has 1 aliphatic rings. The number of carbonyl (C=O) groups excluding carboxylic acids is 1. The molecule has 4 rings (SSSR count). The molecular weight excluding hydrogens is 360 g/mol. The van der Waals surface area contributed by atoms with Gasteiger partial charge >= 0.3 is 0 Å². The molecule has 150 valence electrons. The molecule has 3 aromatic rings. The van der Waals surface area contributed by atoms with Gasteiger partial charge in [-0.15, -0.1) is 0 Å². The number of hydrogen-bond donors (Lipinski definition) is 1. The molecule has 2 atom stereocenters. The number of hydrogen-bond acceptors (Lipinski definition) is 3. The number of rotatable bonds is 5. The van der Waals surface area contributed by atoms with Crippen LogP contribution in [-0.4, -0.2) is 36.1 Å². The first-order valence-electron chi connectivity index (χ1n) is 10.3. The van der Waals surface area contributed by atoms with Gasteiger partial charge in [-0.3, -0.25) is 9.69 Å². The van der Waals surface area contributed by atoms with Crippen LogP contribution in [0.4, 0.5) is 0 Å². The molecule has 1 fully saturated rings. The van der Waals surface area contributed by atoms with Gasteiger partial charge in [0.25, 0.3) is 5.91 Å². The number of benzene rings is 3. The first-order chi connectivity index (χ1) is 14.1. The fraction of sp³-hybridized carbons (Fsp3) is 0.320. The fourth-order valence-electron chi connectivity index (χ4n) is 4.05. The standard InChI is InChI=1S/C25H28N2O2/c1-18-15-27(16-19(2)29-18)17-21-9-7-20(8-10-21)14-26-25(28)24-12-11-22-5-3-4-6-23(22)13-24/h3-13,18-19H,14-17H2,1-2H3,(H,26,28). The van der Waals surface area contributed by atoms with E-state index in [1.165, 1.54) is 5.56 Å².